The second-order valence-corrected chi connectivity index (χ2v) is 7.24. The maximum Gasteiger partial charge on any atom is 0.259 e. The van der Waals surface area contributed by atoms with E-state index in [9.17, 15) is 9.18 Å². The van der Waals surface area contributed by atoms with Crippen LogP contribution in [0.3, 0.4) is 0 Å². The van der Waals surface area contributed by atoms with Gasteiger partial charge in [-0.05, 0) is 51.0 Å². The molecule has 1 aliphatic heterocycles. The van der Waals surface area contributed by atoms with E-state index < -0.39 is 0 Å². The number of amides is 1. The first-order valence-corrected chi connectivity index (χ1v) is 9.59. The Morgan fingerprint density at radius 2 is 2.14 bits per heavy atom. The lowest BCUT2D eigenvalue weighted by atomic mass is 9.96. The van der Waals surface area contributed by atoms with E-state index in [0.29, 0.717) is 29.5 Å². The van der Waals surface area contributed by atoms with Crippen LogP contribution in [0.25, 0.3) is 11.5 Å². The van der Waals surface area contributed by atoms with Gasteiger partial charge >= 0.3 is 0 Å². The Balaban J connectivity index is 1.44. The number of piperidine rings is 1. The van der Waals surface area contributed by atoms with Gasteiger partial charge in [0.1, 0.15) is 11.6 Å². The van der Waals surface area contributed by atoms with Crippen LogP contribution in [0.5, 0.6) is 0 Å². The van der Waals surface area contributed by atoms with E-state index in [0.717, 1.165) is 30.8 Å². The summed E-state index contributed by atoms with van der Waals surface area (Å²) in [6.07, 6.45) is 3.37. The van der Waals surface area contributed by atoms with Crippen LogP contribution in [0, 0.1) is 25.6 Å². The second-order valence-electron chi connectivity index (χ2n) is 7.24. The number of carbonyl (C=O) groups excluding carboxylic acids is 1. The number of hydrogen-bond donors (Lipinski definition) is 1. The van der Waals surface area contributed by atoms with Crippen LogP contribution in [-0.2, 0) is 4.79 Å². The number of nitrogens with one attached hydrogen (secondary N) is 1. The van der Waals surface area contributed by atoms with Gasteiger partial charge in [-0.15, -0.1) is 0 Å². The van der Waals surface area contributed by atoms with Crippen molar-refractivity contribution in [2.45, 2.75) is 26.7 Å². The number of pyridine rings is 1. The van der Waals surface area contributed by atoms with Gasteiger partial charge in [-0.25, -0.2) is 9.37 Å². The van der Waals surface area contributed by atoms with E-state index in [-0.39, 0.29) is 17.6 Å². The molecule has 4 rings (SSSR count). The van der Waals surface area contributed by atoms with Gasteiger partial charge in [0.05, 0.1) is 11.5 Å². The lowest BCUT2D eigenvalue weighted by Gasteiger charge is -2.33. The highest BCUT2D eigenvalue weighted by Crippen LogP contribution is 2.26. The highest BCUT2D eigenvalue weighted by molar-refractivity contribution is 5.93. The van der Waals surface area contributed by atoms with Gasteiger partial charge in [-0.2, -0.15) is 4.98 Å². The van der Waals surface area contributed by atoms with E-state index in [1.165, 1.54) is 6.07 Å². The number of aryl methyl sites for hydroxylation is 1. The number of anilines is 2. The average Bonchev–Trinajstić information content (AvgIpc) is 3.18. The van der Waals surface area contributed by atoms with Crippen molar-refractivity contribution in [2.75, 3.05) is 23.3 Å². The molecule has 3 aromatic rings. The van der Waals surface area contributed by atoms with Gasteiger partial charge in [0.15, 0.2) is 5.82 Å². The summed E-state index contributed by atoms with van der Waals surface area (Å²) in [4.78, 5) is 23.5. The lowest BCUT2D eigenvalue weighted by Crippen LogP contribution is -2.41. The van der Waals surface area contributed by atoms with Crippen molar-refractivity contribution in [3.8, 4) is 11.5 Å². The molecule has 1 N–H and O–H groups in total. The fourth-order valence-corrected chi connectivity index (χ4v) is 3.49. The summed E-state index contributed by atoms with van der Waals surface area (Å²) in [5.74, 6) is 1.19. The molecule has 0 bridgehead atoms. The molecule has 0 aliphatic carbocycles. The van der Waals surface area contributed by atoms with Crippen molar-refractivity contribution < 1.29 is 13.7 Å². The Morgan fingerprint density at radius 1 is 1.28 bits per heavy atom. The van der Waals surface area contributed by atoms with Crippen LogP contribution in [-0.4, -0.2) is 34.1 Å². The smallest absolute Gasteiger partial charge is 0.259 e. The molecule has 29 heavy (non-hydrogen) atoms. The molecule has 1 amide bonds. The summed E-state index contributed by atoms with van der Waals surface area (Å²) >= 11 is 0. The molecule has 1 aliphatic rings. The van der Waals surface area contributed by atoms with E-state index in [2.05, 4.69) is 25.3 Å². The SMILES string of the molecule is Cc1noc(-c2ccc(N3CCC[C@H](C(=O)Nc4cccc(F)c4C)C3)nc2)n1. The topological polar surface area (TPSA) is 84.2 Å². The van der Waals surface area contributed by atoms with Crippen molar-refractivity contribution in [1.82, 2.24) is 15.1 Å². The molecule has 2 aromatic heterocycles. The van der Waals surface area contributed by atoms with Crippen LogP contribution in [0.15, 0.2) is 41.1 Å². The molecule has 150 valence electrons. The van der Waals surface area contributed by atoms with Crippen molar-refractivity contribution in [1.29, 1.82) is 0 Å². The van der Waals surface area contributed by atoms with Crippen LogP contribution >= 0.6 is 0 Å². The quantitative estimate of drug-likeness (QED) is 0.724. The van der Waals surface area contributed by atoms with E-state index >= 15 is 0 Å². The molecular weight excluding hydrogens is 373 g/mol. The van der Waals surface area contributed by atoms with Gasteiger partial charge in [-0.3, -0.25) is 4.79 Å². The molecule has 0 radical (unpaired) electrons. The molecule has 0 saturated carbocycles. The average molecular weight is 395 g/mol. The lowest BCUT2D eigenvalue weighted by molar-refractivity contribution is -0.120. The van der Waals surface area contributed by atoms with E-state index in [1.807, 2.05) is 12.1 Å². The number of carbonyl (C=O) groups is 1. The van der Waals surface area contributed by atoms with Crippen LogP contribution in [0.4, 0.5) is 15.9 Å². The third kappa shape index (κ3) is 4.11. The molecule has 1 atom stereocenters. The first-order valence-electron chi connectivity index (χ1n) is 9.59. The minimum Gasteiger partial charge on any atom is -0.356 e. The molecule has 1 aromatic carbocycles. The summed E-state index contributed by atoms with van der Waals surface area (Å²) in [6, 6.07) is 8.48. The summed E-state index contributed by atoms with van der Waals surface area (Å²) in [6.45, 7) is 4.81. The standard InChI is InChI=1S/C21H22FN5O2/c1-13-17(22)6-3-7-18(13)25-20(28)16-5-4-10-27(12-16)19-9-8-15(11-23-19)21-24-14(2)26-29-21/h3,6-9,11,16H,4-5,10,12H2,1-2H3,(H,25,28)/t16-/m0/s1. The van der Waals surface area contributed by atoms with Crippen molar-refractivity contribution in [2.24, 2.45) is 5.92 Å². The molecule has 7 nitrogen and oxygen atoms in total. The number of nitrogens with zero attached hydrogens (tertiary/aromatic N) is 4. The van der Waals surface area contributed by atoms with Gasteiger partial charge < -0.3 is 14.7 Å². The molecule has 1 fully saturated rings. The Bertz CT molecular complexity index is 1020. The number of benzene rings is 1. The largest absolute Gasteiger partial charge is 0.356 e. The third-order valence-electron chi connectivity index (χ3n) is 5.16. The van der Waals surface area contributed by atoms with Crippen molar-refractivity contribution >= 4 is 17.4 Å². The summed E-state index contributed by atoms with van der Waals surface area (Å²) in [7, 11) is 0. The molecule has 3 heterocycles. The highest BCUT2D eigenvalue weighted by atomic mass is 19.1. The zero-order chi connectivity index (χ0) is 20.4. The van der Waals surface area contributed by atoms with E-state index in [4.69, 9.17) is 4.52 Å². The Labute approximate surface area is 168 Å². The van der Waals surface area contributed by atoms with Crippen molar-refractivity contribution in [3.63, 3.8) is 0 Å². The first-order chi connectivity index (χ1) is 14.0. The number of rotatable bonds is 4. The Morgan fingerprint density at radius 3 is 2.86 bits per heavy atom. The maximum atomic E-state index is 13.7. The molecule has 0 unspecified atom stereocenters. The molecule has 1 saturated heterocycles. The monoisotopic (exact) mass is 395 g/mol. The highest BCUT2D eigenvalue weighted by Gasteiger charge is 2.27. The Hall–Kier alpha value is -3.29. The number of halogens is 1. The summed E-state index contributed by atoms with van der Waals surface area (Å²) in [5.41, 5.74) is 1.72. The molecule has 8 heteroatoms. The minimum absolute atomic E-state index is 0.0960. The maximum absolute atomic E-state index is 13.7. The summed E-state index contributed by atoms with van der Waals surface area (Å²) < 4.78 is 18.9. The zero-order valence-corrected chi connectivity index (χ0v) is 16.4. The number of hydrogen-bond acceptors (Lipinski definition) is 6. The van der Waals surface area contributed by atoms with Gasteiger partial charge in [-0.1, -0.05) is 11.2 Å². The predicted molar refractivity (Wildman–Crippen MR) is 107 cm³/mol. The van der Waals surface area contributed by atoms with E-state index in [1.54, 1.807) is 32.2 Å². The van der Waals surface area contributed by atoms with Crippen LogP contribution in [0.1, 0.15) is 24.2 Å². The van der Waals surface area contributed by atoms with Gasteiger partial charge in [0.25, 0.3) is 5.89 Å². The van der Waals surface area contributed by atoms with Gasteiger partial charge in [0.2, 0.25) is 5.91 Å². The summed E-state index contributed by atoms with van der Waals surface area (Å²) in [5, 5.41) is 6.66. The molecule has 0 spiro atoms. The fourth-order valence-electron chi connectivity index (χ4n) is 3.49. The second kappa shape index (κ2) is 7.98. The Kier molecular flexibility index (Phi) is 5.24. The van der Waals surface area contributed by atoms with Crippen LogP contribution in [0.2, 0.25) is 0 Å². The fraction of sp³-hybridized carbons (Fsp3) is 0.333. The predicted octanol–water partition coefficient (Wildman–Crippen LogP) is 3.74. The first kappa shape index (κ1) is 19.0. The zero-order valence-electron chi connectivity index (χ0n) is 16.4. The van der Waals surface area contributed by atoms with Gasteiger partial charge in [0, 0.05) is 30.5 Å². The minimum atomic E-state index is -0.325. The normalized spacial score (nSPS) is 16.7. The molecular formula is C21H22FN5O2. The van der Waals surface area contributed by atoms with Crippen molar-refractivity contribution in [3.05, 3.63) is 53.7 Å². The van der Waals surface area contributed by atoms with Crippen LogP contribution < -0.4 is 10.2 Å². The number of aromatic nitrogens is 3. The third-order valence-corrected chi connectivity index (χ3v) is 5.16.